The fourth-order valence-electron chi connectivity index (χ4n) is 2.02. The lowest BCUT2D eigenvalue weighted by Crippen LogP contribution is -2.10. The van der Waals surface area contributed by atoms with Gasteiger partial charge in [0.05, 0.1) is 5.69 Å². The summed E-state index contributed by atoms with van der Waals surface area (Å²) in [7, 11) is 1.89. The van der Waals surface area contributed by atoms with Gasteiger partial charge in [-0.2, -0.15) is 0 Å². The molecule has 0 atom stereocenters. The Bertz CT molecular complexity index is 532. The van der Waals surface area contributed by atoms with Crippen LogP contribution in [0, 0.1) is 0 Å². The number of nitrogens with two attached hydrogens (primary N) is 1. The van der Waals surface area contributed by atoms with Crippen LogP contribution >= 0.6 is 0 Å². The van der Waals surface area contributed by atoms with E-state index in [0.717, 1.165) is 17.0 Å². The van der Waals surface area contributed by atoms with E-state index in [4.69, 9.17) is 5.73 Å². The van der Waals surface area contributed by atoms with Gasteiger partial charge in [-0.1, -0.05) is 50.3 Å². The fraction of sp³-hybridized carbons (Fsp3) is 0.429. The second kappa shape index (κ2) is 4.53. The smallest absolute Gasteiger partial charge is 0.104 e. The Kier molecular flexibility index (Phi) is 3.22. The first-order valence-corrected chi connectivity index (χ1v) is 6.13. The Morgan fingerprint density at radius 1 is 1.17 bits per heavy atom. The van der Waals surface area contributed by atoms with Gasteiger partial charge in [-0.15, -0.1) is 5.10 Å². The molecule has 1 aromatic carbocycles. The summed E-state index contributed by atoms with van der Waals surface area (Å²) in [4.78, 5) is 0. The van der Waals surface area contributed by atoms with Crippen molar-refractivity contribution in [2.45, 2.75) is 32.7 Å². The van der Waals surface area contributed by atoms with Gasteiger partial charge in [-0.3, -0.25) is 0 Å². The molecule has 0 aliphatic heterocycles. The lowest BCUT2D eigenvalue weighted by Gasteiger charge is -2.19. The van der Waals surface area contributed by atoms with Crippen LogP contribution in [0.3, 0.4) is 0 Å². The molecule has 0 bridgehead atoms. The highest BCUT2D eigenvalue weighted by Gasteiger charge is 2.15. The van der Waals surface area contributed by atoms with Gasteiger partial charge in [0.1, 0.15) is 5.69 Å². The van der Waals surface area contributed by atoms with E-state index in [1.807, 2.05) is 7.05 Å². The van der Waals surface area contributed by atoms with Crippen LogP contribution in [0.1, 0.15) is 32.0 Å². The maximum absolute atomic E-state index is 5.68. The predicted octanol–water partition coefficient (Wildman–Crippen LogP) is 2.24. The number of hydrogen-bond acceptors (Lipinski definition) is 3. The standard InChI is InChI=1S/C14H20N4/c1-14(2,3)11-7-5-10(6-8-11)13-12(9-15)16-17-18(13)4/h5-8H,9,15H2,1-4H3. The molecule has 1 aromatic heterocycles. The SMILES string of the molecule is Cn1nnc(CN)c1-c1ccc(C(C)(C)C)cc1. The van der Waals surface area contributed by atoms with Gasteiger partial charge in [0.15, 0.2) is 0 Å². The Morgan fingerprint density at radius 3 is 2.28 bits per heavy atom. The van der Waals surface area contributed by atoms with Crippen LogP contribution in [0.25, 0.3) is 11.3 Å². The minimum atomic E-state index is 0.167. The van der Waals surface area contributed by atoms with Gasteiger partial charge in [0, 0.05) is 19.2 Å². The Balaban J connectivity index is 2.43. The monoisotopic (exact) mass is 244 g/mol. The van der Waals surface area contributed by atoms with Gasteiger partial charge in [-0.05, 0) is 11.0 Å². The summed E-state index contributed by atoms with van der Waals surface area (Å²) in [6.45, 7) is 7.03. The fourth-order valence-corrected chi connectivity index (χ4v) is 2.02. The highest BCUT2D eigenvalue weighted by molar-refractivity contribution is 5.62. The van der Waals surface area contributed by atoms with E-state index in [1.165, 1.54) is 5.56 Å². The first-order chi connectivity index (χ1) is 8.43. The van der Waals surface area contributed by atoms with Crippen molar-refractivity contribution in [3.05, 3.63) is 35.5 Å². The average molecular weight is 244 g/mol. The second-order valence-electron chi connectivity index (χ2n) is 5.54. The third kappa shape index (κ3) is 2.29. The molecule has 2 N–H and O–H groups in total. The predicted molar refractivity (Wildman–Crippen MR) is 73.0 cm³/mol. The maximum atomic E-state index is 5.68. The molecule has 0 aliphatic carbocycles. The van der Waals surface area contributed by atoms with Crippen molar-refractivity contribution in [1.82, 2.24) is 15.0 Å². The molecule has 0 saturated carbocycles. The molecule has 2 rings (SSSR count). The lowest BCUT2D eigenvalue weighted by molar-refractivity contribution is 0.590. The Hall–Kier alpha value is -1.68. The number of hydrogen-bond donors (Lipinski definition) is 1. The van der Waals surface area contributed by atoms with E-state index in [1.54, 1.807) is 4.68 Å². The van der Waals surface area contributed by atoms with E-state index in [0.29, 0.717) is 6.54 Å². The zero-order valence-electron chi connectivity index (χ0n) is 11.4. The zero-order chi connectivity index (χ0) is 13.3. The van der Waals surface area contributed by atoms with E-state index in [9.17, 15) is 0 Å². The minimum Gasteiger partial charge on any atom is -0.325 e. The Morgan fingerprint density at radius 2 is 1.78 bits per heavy atom. The van der Waals surface area contributed by atoms with Crippen LogP contribution in [-0.4, -0.2) is 15.0 Å². The van der Waals surface area contributed by atoms with Crippen LogP contribution in [0.15, 0.2) is 24.3 Å². The van der Waals surface area contributed by atoms with E-state index in [-0.39, 0.29) is 5.41 Å². The van der Waals surface area contributed by atoms with Gasteiger partial charge < -0.3 is 5.73 Å². The molecule has 0 fully saturated rings. The van der Waals surface area contributed by atoms with E-state index in [2.05, 4.69) is 55.3 Å². The minimum absolute atomic E-state index is 0.167. The van der Waals surface area contributed by atoms with Crippen LogP contribution in [0.2, 0.25) is 0 Å². The maximum Gasteiger partial charge on any atom is 0.104 e. The molecular weight excluding hydrogens is 224 g/mol. The van der Waals surface area contributed by atoms with Gasteiger partial charge in [-0.25, -0.2) is 4.68 Å². The largest absolute Gasteiger partial charge is 0.325 e. The number of rotatable bonds is 2. The molecule has 0 saturated heterocycles. The second-order valence-corrected chi connectivity index (χ2v) is 5.54. The third-order valence-electron chi connectivity index (χ3n) is 3.11. The van der Waals surface area contributed by atoms with Crippen LogP contribution in [0.5, 0.6) is 0 Å². The highest BCUT2D eigenvalue weighted by atomic mass is 15.4. The molecule has 96 valence electrons. The summed E-state index contributed by atoms with van der Waals surface area (Å²) in [5.74, 6) is 0. The van der Waals surface area contributed by atoms with Gasteiger partial charge >= 0.3 is 0 Å². The summed E-state index contributed by atoms with van der Waals surface area (Å²) >= 11 is 0. The number of aryl methyl sites for hydroxylation is 1. The first kappa shape index (κ1) is 12.8. The first-order valence-electron chi connectivity index (χ1n) is 6.13. The molecule has 1 heterocycles. The van der Waals surface area contributed by atoms with Gasteiger partial charge in [0.25, 0.3) is 0 Å². The molecule has 2 aromatic rings. The third-order valence-corrected chi connectivity index (χ3v) is 3.11. The summed E-state index contributed by atoms with van der Waals surface area (Å²) in [5.41, 5.74) is 10.1. The molecular formula is C14H20N4. The average Bonchev–Trinajstić information content (AvgIpc) is 2.69. The van der Waals surface area contributed by atoms with Crippen molar-refractivity contribution in [1.29, 1.82) is 0 Å². The van der Waals surface area contributed by atoms with Crippen molar-refractivity contribution in [3.63, 3.8) is 0 Å². The lowest BCUT2D eigenvalue weighted by atomic mass is 9.86. The van der Waals surface area contributed by atoms with Crippen molar-refractivity contribution >= 4 is 0 Å². The van der Waals surface area contributed by atoms with Crippen molar-refractivity contribution in [2.75, 3.05) is 0 Å². The topological polar surface area (TPSA) is 56.7 Å². The summed E-state index contributed by atoms with van der Waals surface area (Å²) in [6.07, 6.45) is 0. The van der Waals surface area contributed by atoms with Crippen molar-refractivity contribution in [3.8, 4) is 11.3 Å². The number of benzene rings is 1. The molecule has 4 heteroatoms. The normalized spacial score (nSPS) is 11.8. The highest BCUT2D eigenvalue weighted by Crippen LogP contribution is 2.26. The summed E-state index contributed by atoms with van der Waals surface area (Å²) in [5, 5.41) is 8.09. The van der Waals surface area contributed by atoms with E-state index >= 15 is 0 Å². The molecule has 0 unspecified atom stereocenters. The number of aromatic nitrogens is 3. The van der Waals surface area contributed by atoms with Crippen molar-refractivity contribution in [2.24, 2.45) is 12.8 Å². The van der Waals surface area contributed by atoms with Crippen molar-refractivity contribution < 1.29 is 0 Å². The van der Waals surface area contributed by atoms with E-state index < -0.39 is 0 Å². The summed E-state index contributed by atoms with van der Waals surface area (Å²) < 4.78 is 1.77. The molecule has 0 radical (unpaired) electrons. The van der Waals surface area contributed by atoms with Crippen LogP contribution in [0.4, 0.5) is 0 Å². The van der Waals surface area contributed by atoms with Gasteiger partial charge in [0.2, 0.25) is 0 Å². The molecule has 0 aliphatic rings. The zero-order valence-corrected chi connectivity index (χ0v) is 11.4. The quantitative estimate of drug-likeness (QED) is 0.881. The van der Waals surface area contributed by atoms with Crippen LogP contribution in [-0.2, 0) is 19.0 Å². The molecule has 4 nitrogen and oxygen atoms in total. The van der Waals surface area contributed by atoms with Crippen LogP contribution < -0.4 is 5.73 Å². The molecule has 0 spiro atoms. The molecule has 18 heavy (non-hydrogen) atoms. The summed E-state index contributed by atoms with van der Waals surface area (Å²) in [6, 6.07) is 8.53. The number of nitrogens with zero attached hydrogens (tertiary/aromatic N) is 3. The molecule has 0 amide bonds. The Labute approximate surface area is 108 Å².